The van der Waals surface area contributed by atoms with Gasteiger partial charge in [0, 0.05) is 26.6 Å². The molecule has 1 fully saturated rings. The van der Waals surface area contributed by atoms with E-state index in [1.165, 1.54) is 11.8 Å². The summed E-state index contributed by atoms with van der Waals surface area (Å²) in [6.07, 6.45) is 3.14. The number of nitrogens with zero attached hydrogens (tertiary/aromatic N) is 1. The molecule has 0 saturated carbocycles. The van der Waals surface area contributed by atoms with Crippen LogP contribution in [0.2, 0.25) is 0 Å². The fraction of sp³-hybridized carbons (Fsp3) is 0.846. The van der Waals surface area contributed by atoms with Gasteiger partial charge < -0.3 is 20.6 Å². The van der Waals surface area contributed by atoms with E-state index in [9.17, 15) is 9.59 Å². The summed E-state index contributed by atoms with van der Waals surface area (Å²) >= 11 is 0. The highest BCUT2D eigenvalue weighted by Gasteiger charge is 2.21. The Bertz CT molecular complexity index is 289. The average Bonchev–Trinajstić information content (AvgIpc) is 2.38. The highest BCUT2D eigenvalue weighted by atomic mass is 16.4. The molecule has 2 amide bonds. The Morgan fingerprint density at radius 1 is 1.21 bits per heavy atom. The van der Waals surface area contributed by atoms with Crippen LogP contribution in [0.4, 0.5) is 4.79 Å². The van der Waals surface area contributed by atoms with Gasteiger partial charge >= 0.3 is 6.09 Å². The third-order valence-corrected chi connectivity index (χ3v) is 3.47. The first-order valence-electron chi connectivity index (χ1n) is 7.02. The Morgan fingerprint density at radius 3 is 2.42 bits per heavy atom. The van der Waals surface area contributed by atoms with Crippen molar-refractivity contribution in [3.8, 4) is 0 Å². The predicted molar refractivity (Wildman–Crippen MR) is 73.1 cm³/mol. The van der Waals surface area contributed by atoms with Gasteiger partial charge in [0.05, 0.1) is 0 Å². The molecule has 0 radical (unpaired) electrons. The Kier molecular flexibility index (Phi) is 7.25. The lowest BCUT2D eigenvalue weighted by atomic mass is 9.97. The van der Waals surface area contributed by atoms with Gasteiger partial charge in [-0.1, -0.05) is 0 Å². The van der Waals surface area contributed by atoms with Gasteiger partial charge in [-0.15, -0.1) is 0 Å². The molecule has 0 unspecified atom stereocenters. The Hall–Kier alpha value is -1.30. The summed E-state index contributed by atoms with van der Waals surface area (Å²) in [6, 6.07) is 0. The summed E-state index contributed by atoms with van der Waals surface area (Å²) in [4.78, 5) is 22.9. The first-order chi connectivity index (χ1) is 9.09. The van der Waals surface area contributed by atoms with Gasteiger partial charge in [-0.3, -0.25) is 4.79 Å². The second-order valence-corrected chi connectivity index (χ2v) is 5.11. The van der Waals surface area contributed by atoms with Crippen molar-refractivity contribution in [2.75, 3.05) is 32.7 Å². The molecule has 1 heterocycles. The Morgan fingerprint density at radius 2 is 1.84 bits per heavy atom. The van der Waals surface area contributed by atoms with E-state index in [0.717, 1.165) is 45.3 Å². The van der Waals surface area contributed by atoms with Gasteiger partial charge in [0.15, 0.2) is 0 Å². The number of unbranched alkanes of at least 4 members (excludes halogenated alkanes) is 1. The maximum atomic E-state index is 10.8. The number of carbonyl (C=O) groups excluding carboxylic acids is 1. The van der Waals surface area contributed by atoms with Gasteiger partial charge in [-0.25, -0.2) is 4.79 Å². The third-order valence-electron chi connectivity index (χ3n) is 3.47. The minimum absolute atomic E-state index is 0.0261. The number of hydrogen-bond donors (Lipinski definition) is 3. The van der Waals surface area contributed by atoms with Crippen LogP contribution in [-0.4, -0.2) is 54.7 Å². The van der Waals surface area contributed by atoms with Crippen molar-refractivity contribution in [3.63, 3.8) is 0 Å². The zero-order valence-corrected chi connectivity index (χ0v) is 11.7. The molecular formula is C13H25N3O3. The molecule has 3 N–H and O–H groups in total. The number of amides is 2. The molecule has 110 valence electrons. The molecule has 0 aromatic rings. The van der Waals surface area contributed by atoms with Crippen LogP contribution in [0, 0.1) is 5.92 Å². The van der Waals surface area contributed by atoms with Crippen LogP contribution in [0.5, 0.6) is 0 Å². The second-order valence-electron chi connectivity index (χ2n) is 5.11. The van der Waals surface area contributed by atoms with E-state index in [2.05, 4.69) is 10.6 Å². The first-order valence-corrected chi connectivity index (χ1v) is 7.02. The quantitative estimate of drug-likeness (QED) is 0.600. The molecule has 1 saturated heterocycles. The van der Waals surface area contributed by atoms with Gasteiger partial charge in [-0.2, -0.15) is 0 Å². The number of hydrogen-bond acceptors (Lipinski definition) is 3. The number of likely N-dealkylation sites (tertiary alicyclic amines) is 1. The topological polar surface area (TPSA) is 81.7 Å². The second kappa shape index (κ2) is 8.74. The third kappa shape index (κ3) is 7.00. The van der Waals surface area contributed by atoms with Crippen LogP contribution in [0.25, 0.3) is 0 Å². The SMILES string of the molecule is CC(=O)NCCCCNCC1CCN(C(=O)O)CC1. The summed E-state index contributed by atoms with van der Waals surface area (Å²) in [5.74, 6) is 0.615. The van der Waals surface area contributed by atoms with Crippen LogP contribution in [0.1, 0.15) is 32.6 Å². The summed E-state index contributed by atoms with van der Waals surface area (Å²) in [7, 11) is 0. The summed E-state index contributed by atoms with van der Waals surface area (Å²) in [6.45, 7) is 5.51. The molecule has 6 nitrogen and oxygen atoms in total. The fourth-order valence-electron chi connectivity index (χ4n) is 2.27. The molecule has 0 aromatic carbocycles. The summed E-state index contributed by atoms with van der Waals surface area (Å²) in [5, 5.41) is 15.0. The number of nitrogens with one attached hydrogen (secondary N) is 2. The van der Waals surface area contributed by atoms with E-state index in [0.29, 0.717) is 19.0 Å². The molecule has 1 rings (SSSR count). The summed E-state index contributed by atoms with van der Waals surface area (Å²) < 4.78 is 0. The zero-order valence-electron chi connectivity index (χ0n) is 11.7. The molecule has 1 aliphatic rings. The standard InChI is InChI=1S/C13H25N3O3/c1-11(17)15-7-3-2-6-14-10-12-4-8-16(9-5-12)13(18)19/h12,14H,2-10H2,1H3,(H,15,17)(H,18,19). The number of rotatable bonds is 7. The molecule has 0 aliphatic carbocycles. The van der Waals surface area contributed by atoms with Gasteiger partial charge in [-0.05, 0) is 44.7 Å². The van der Waals surface area contributed by atoms with Crippen molar-refractivity contribution in [2.45, 2.75) is 32.6 Å². The van der Waals surface area contributed by atoms with E-state index in [4.69, 9.17) is 5.11 Å². The fourth-order valence-corrected chi connectivity index (χ4v) is 2.27. The van der Waals surface area contributed by atoms with E-state index >= 15 is 0 Å². The predicted octanol–water partition coefficient (Wildman–Crippen LogP) is 0.882. The van der Waals surface area contributed by atoms with Crippen molar-refractivity contribution in [1.82, 2.24) is 15.5 Å². The zero-order chi connectivity index (χ0) is 14.1. The molecule has 6 heteroatoms. The minimum Gasteiger partial charge on any atom is -0.465 e. The molecule has 19 heavy (non-hydrogen) atoms. The molecule has 1 aliphatic heterocycles. The van der Waals surface area contributed by atoms with Crippen LogP contribution in [0.3, 0.4) is 0 Å². The highest BCUT2D eigenvalue weighted by molar-refractivity contribution is 5.72. The lowest BCUT2D eigenvalue weighted by Crippen LogP contribution is -2.40. The Labute approximate surface area is 114 Å². The van der Waals surface area contributed by atoms with Gasteiger partial charge in [0.2, 0.25) is 5.91 Å². The highest BCUT2D eigenvalue weighted by Crippen LogP contribution is 2.16. The van der Waals surface area contributed by atoms with Crippen molar-refractivity contribution < 1.29 is 14.7 Å². The van der Waals surface area contributed by atoms with Gasteiger partial charge in [0.25, 0.3) is 0 Å². The largest absolute Gasteiger partial charge is 0.465 e. The van der Waals surface area contributed by atoms with E-state index < -0.39 is 6.09 Å². The minimum atomic E-state index is -0.801. The number of carboxylic acid groups (broad SMARTS) is 1. The molecule has 0 spiro atoms. The number of carbonyl (C=O) groups is 2. The van der Waals surface area contributed by atoms with Crippen LogP contribution >= 0.6 is 0 Å². The van der Waals surface area contributed by atoms with Crippen LogP contribution in [-0.2, 0) is 4.79 Å². The Balaban J connectivity index is 1.93. The van der Waals surface area contributed by atoms with E-state index in [1.807, 2.05) is 0 Å². The van der Waals surface area contributed by atoms with Gasteiger partial charge in [0.1, 0.15) is 0 Å². The smallest absolute Gasteiger partial charge is 0.407 e. The van der Waals surface area contributed by atoms with Crippen molar-refractivity contribution in [1.29, 1.82) is 0 Å². The molecular weight excluding hydrogens is 246 g/mol. The van der Waals surface area contributed by atoms with Crippen molar-refractivity contribution in [2.24, 2.45) is 5.92 Å². The molecule has 0 atom stereocenters. The van der Waals surface area contributed by atoms with Crippen molar-refractivity contribution in [3.05, 3.63) is 0 Å². The maximum Gasteiger partial charge on any atom is 0.407 e. The van der Waals surface area contributed by atoms with Crippen LogP contribution < -0.4 is 10.6 Å². The maximum absolute atomic E-state index is 10.8. The van der Waals surface area contributed by atoms with Crippen LogP contribution in [0.15, 0.2) is 0 Å². The van der Waals surface area contributed by atoms with E-state index in [1.54, 1.807) is 0 Å². The molecule has 0 aromatic heterocycles. The summed E-state index contributed by atoms with van der Waals surface area (Å²) in [5.41, 5.74) is 0. The number of piperidine rings is 1. The van der Waals surface area contributed by atoms with Crippen molar-refractivity contribution >= 4 is 12.0 Å². The first kappa shape index (κ1) is 15.8. The van der Waals surface area contributed by atoms with E-state index in [-0.39, 0.29) is 5.91 Å². The normalized spacial score (nSPS) is 16.4. The average molecular weight is 271 g/mol. The monoisotopic (exact) mass is 271 g/mol. The lowest BCUT2D eigenvalue weighted by Gasteiger charge is -2.30. The lowest BCUT2D eigenvalue weighted by molar-refractivity contribution is -0.118. The molecule has 0 bridgehead atoms.